The van der Waals surface area contributed by atoms with Crippen LogP contribution in [0.2, 0.25) is 0 Å². The highest BCUT2D eigenvalue weighted by molar-refractivity contribution is 9.10. The molecule has 1 unspecified atom stereocenters. The second kappa shape index (κ2) is 5.44. The van der Waals surface area contributed by atoms with Gasteiger partial charge in [0.1, 0.15) is 6.04 Å². The third-order valence-corrected chi connectivity index (χ3v) is 5.15. The summed E-state index contributed by atoms with van der Waals surface area (Å²) in [5.74, 6) is 0.274. The minimum absolute atomic E-state index is 0.0161. The molecule has 6 nitrogen and oxygen atoms in total. The molecule has 1 atom stereocenters. The molecule has 114 valence electrons. The monoisotopic (exact) mass is 354 g/mol. The van der Waals surface area contributed by atoms with Gasteiger partial charge in [-0.3, -0.25) is 14.3 Å². The van der Waals surface area contributed by atoms with Gasteiger partial charge in [0.05, 0.1) is 29.0 Å². The standard InChI is InChI=1S/C14H19BrN4O2/c1-3-9-12(15)10(18(2)17-9)7-19-11(20)6-16-14(21)13(19)8-4-5-8/h8,13H,3-7H2,1-2H3,(H,16,21). The minimum atomic E-state index is -0.321. The van der Waals surface area contributed by atoms with E-state index in [1.165, 1.54) is 0 Å². The number of nitrogens with zero attached hydrogens (tertiary/aromatic N) is 3. The number of hydrogen-bond donors (Lipinski definition) is 1. The lowest BCUT2D eigenvalue weighted by molar-refractivity contribution is -0.147. The van der Waals surface area contributed by atoms with Crippen LogP contribution in [-0.4, -0.2) is 39.1 Å². The molecule has 3 rings (SSSR count). The summed E-state index contributed by atoms with van der Waals surface area (Å²) in [6.45, 7) is 2.57. The van der Waals surface area contributed by atoms with Gasteiger partial charge in [-0.15, -0.1) is 0 Å². The molecule has 2 aliphatic rings. The first kappa shape index (κ1) is 14.6. The molecule has 1 aliphatic carbocycles. The van der Waals surface area contributed by atoms with Crippen molar-refractivity contribution >= 4 is 27.7 Å². The number of aryl methyl sites for hydroxylation is 2. The van der Waals surface area contributed by atoms with Crippen LogP contribution in [0.4, 0.5) is 0 Å². The lowest BCUT2D eigenvalue weighted by Crippen LogP contribution is -2.58. The summed E-state index contributed by atoms with van der Waals surface area (Å²) in [5, 5.41) is 7.16. The van der Waals surface area contributed by atoms with Crippen LogP contribution in [0.15, 0.2) is 4.47 Å². The molecule has 1 aromatic heterocycles. The molecule has 2 fully saturated rings. The lowest BCUT2D eigenvalue weighted by atomic mass is 10.1. The van der Waals surface area contributed by atoms with E-state index in [9.17, 15) is 9.59 Å². The molecule has 1 saturated carbocycles. The summed E-state index contributed by atoms with van der Waals surface area (Å²) < 4.78 is 2.74. The van der Waals surface area contributed by atoms with Crippen LogP contribution in [0, 0.1) is 5.92 Å². The zero-order valence-electron chi connectivity index (χ0n) is 12.2. The Bertz CT molecular complexity index is 594. The van der Waals surface area contributed by atoms with Crippen LogP contribution in [0.1, 0.15) is 31.2 Å². The summed E-state index contributed by atoms with van der Waals surface area (Å²) >= 11 is 3.57. The fourth-order valence-corrected chi connectivity index (χ4v) is 3.63. The Labute approximate surface area is 132 Å². The Hall–Kier alpha value is -1.37. The largest absolute Gasteiger partial charge is 0.345 e. The Morgan fingerprint density at radius 1 is 1.38 bits per heavy atom. The van der Waals surface area contributed by atoms with Crippen LogP contribution < -0.4 is 5.32 Å². The van der Waals surface area contributed by atoms with E-state index in [4.69, 9.17) is 0 Å². The first-order valence-electron chi connectivity index (χ1n) is 7.30. The topological polar surface area (TPSA) is 67.2 Å². The zero-order valence-corrected chi connectivity index (χ0v) is 13.8. The van der Waals surface area contributed by atoms with E-state index >= 15 is 0 Å². The lowest BCUT2D eigenvalue weighted by Gasteiger charge is -2.35. The van der Waals surface area contributed by atoms with Crippen molar-refractivity contribution in [1.82, 2.24) is 20.0 Å². The molecule has 0 aromatic carbocycles. The molecular weight excluding hydrogens is 336 g/mol. The van der Waals surface area contributed by atoms with Gasteiger partial charge < -0.3 is 10.2 Å². The van der Waals surface area contributed by atoms with Crippen LogP contribution in [-0.2, 0) is 29.6 Å². The molecule has 0 radical (unpaired) electrons. The first-order chi connectivity index (χ1) is 10.0. The molecule has 2 heterocycles. The maximum absolute atomic E-state index is 12.3. The van der Waals surface area contributed by atoms with Gasteiger partial charge in [0.2, 0.25) is 11.8 Å². The highest BCUT2D eigenvalue weighted by Gasteiger charge is 2.45. The van der Waals surface area contributed by atoms with Crippen molar-refractivity contribution in [3.05, 3.63) is 15.9 Å². The molecule has 1 saturated heterocycles. The van der Waals surface area contributed by atoms with E-state index < -0.39 is 0 Å². The van der Waals surface area contributed by atoms with E-state index in [0.717, 1.165) is 35.1 Å². The van der Waals surface area contributed by atoms with E-state index in [1.807, 2.05) is 14.0 Å². The highest BCUT2D eigenvalue weighted by atomic mass is 79.9. The second-order valence-corrected chi connectivity index (χ2v) is 6.50. The molecule has 2 amide bonds. The third-order valence-electron chi connectivity index (χ3n) is 4.23. The van der Waals surface area contributed by atoms with E-state index in [1.54, 1.807) is 9.58 Å². The van der Waals surface area contributed by atoms with Crippen molar-refractivity contribution in [3.8, 4) is 0 Å². The molecule has 1 aromatic rings. The first-order valence-corrected chi connectivity index (χ1v) is 8.09. The van der Waals surface area contributed by atoms with Crippen LogP contribution in [0.25, 0.3) is 0 Å². The van der Waals surface area contributed by atoms with Gasteiger partial charge >= 0.3 is 0 Å². The average molecular weight is 355 g/mol. The van der Waals surface area contributed by atoms with Crippen LogP contribution in [0.3, 0.4) is 0 Å². The van der Waals surface area contributed by atoms with Crippen molar-refractivity contribution in [2.45, 2.75) is 38.8 Å². The van der Waals surface area contributed by atoms with Crippen molar-refractivity contribution in [1.29, 1.82) is 0 Å². The smallest absolute Gasteiger partial charge is 0.243 e. The number of piperazine rings is 1. The number of rotatable bonds is 4. The number of amides is 2. The van der Waals surface area contributed by atoms with Gasteiger partial charge in [-0.1, -0.05) is 6.92 Å². The predicted molar refractivity (Wildman–Crippen MR) is 80.4 cm³/mol. The minimum Gasteiger partial charge on any atom is -0.345 e. The summed E-state index contributed by atoms with van der Waals surface area (Å²) in [6, 6.07) is -0.321. The number of halogens is 1. The van der Waals surface area contributed by atoms with E-state index in [2.05, 4.69) is 26.3 Å². The highest BCUT2D eigenvalue weighted by Crippen LogP contribution is 2.37. The van der Waals surface area contributed by atoms with Gasteiger partial charge in [0.15, 0.2) is 0 Å². The van der Waals surface area contributed by atoms with Gasteiger partial charge in [-0.05, 0) is 41.1 Å². The molecular formula is C14H19BrN4O2. The molecule has 1 N–H and O–H groups in total. The Morgan fingerprint density at radius 2 is 2.10 bits per heavy atom. The Balaban J connectivity index is 1.89. The summed E-state index contributed by atoms with van der Waals surface area (Å²) in [5.41, 5.74) is 1.92. The van der Waals surface area contributed by atoms with Crippen LogP contribution >= 0.6 is 15.9 Å². The van der Waals surface area contributed by atoms with Crippen molar-refractivity contribution in [2.75, 3.05) is 6.54 Å². The molecule has 0 spiro atoms. The Kier molecular flexibility index (Phi) is 3.77. The normalized spacial score (nSPS) is 22.6. The van der Waals surface area contributed by atoms with E-state index in [-0.39, 0.29) is 24.4 Å². The van der Waals surface area contributed by atoms with Crippen LogP contribution in [0.5, 0.6) is 0 Å². The van der Waals surface area contributed by atoms with Crippen molar-refractivity contribution < 1.29 is 9.59 Å². The van der Waals surface area contributed by atoms with Gasteiger partial charge in [0, 0.05) is 7.05 Å². The third kappa shape index (κ3) is 2.59. The number of carbonyl (C=O) groups is 2. The fourth-order valence-electron chi connectivity index (χ4n) is 2.89. The van der Waals surface area contributed by atoms with Crippen molar-refractivity contribution in [2.24, 2.45) is 13.0 Å². The van der Waals surface area contributed by atoms with E-state index in [0.29, 0.717) is 12.5 Å². The zero-order chi connectivity index (χ0) is 15.1. The SMILES string of the molecule is CCc1nn(C)c(CN2C(=O)CNC(=O)C2C2CC2)c1Br. The summed E-state index contributed by atoms with van der Waals surface area (Å²) in [4.78, 5) is 26.1. The number of carbonyl (C=O) groups excluding carboxylic acids is 2. The number of nitrogens with one attached hydrogen (secondary N) is 1. The van der Waals surface area contributed by atoms with Crippen molar-refractivity contribution in [3.63, 3.8) is 0 Å². The van der Waals surface area contributed by atoms with Gasteiger partial charge in [-0.25, -0.2) is 0 Å². The second-order valence-electron chi connectivity index (χ2n) is 5.71. The number of aromatic nitrogens is 2. The summed E-state index contributed by atoms with van der Waals surface area (Å²) in [7, 11) is 1.87. The van der Waals surface area contributed by atoms with Gasteiger partial charge in [0.25, 0.3) is 0 Å². The molecule has 1 aliphatic heterocycles. The number of hydrogen-bond acceptors (Lipinski definition) is 3. The predicted octanol–water partition coefficient (Wildman–Crippen LogP) is 0.982. The van der Waals surface area contributed by atoms with Gasteiger partial charge in [-0.2, -0.15) is 5.10 Å². The maximum atomic E-state index is 12.3. The maximum Gasteiger partial charge on any atom is 0.243 e. The summed E-state index contributed by atoms with van der Waals surface area (Å²) in [6.07, 6.45) is 2.87. The Morgan fingerprint density at radius 3 is 2.67 bits per heavy atom. The molecule has 0 bridgehead atoms. The molecule has 21 heavy (non-hydrogen) atoms. The fraction of sp³-hybridized carbons (Fsp3) is 0.643. The quantitative estimate of drug-likeness (QED) is 0.876. The molecule has 7 heteroatoms. The average Bonchev–Trinajstić information content (AvgIpc) is 3.24.